The second kappa shape index (κ2) is 4.43. The van der Waals surface area contributed by atoms with Crippen molar-refractivity contribution in [3.63, 3.8) is 0 Å². The Morgan fingerprint density at radius 2 is 2.12 bits per heavy atom. The molecule has 0 amide bonds. The number of benzene rings is 1. The van der Waals surface area contributed by atoms with E-state index in [1.807, 2.05) is 12.1 Å². The lowest BCUT2D eigenvalue weighted by molar-refractivity contribution is -0.144. The third kappa shape index (κ3) is 2.10. The van der Waals surface area contributed by atoms with Crippen molar-refractivity contribution < 1.29 is 14.6 Å². The highest BCUT2D eigenvalue weighted by atomic mass is 16.5. The van der Waals surface area contributed by atoms with Crippen molar-refractivity contribution in [2.24, 2.45) is 5.92 Å². The van der Waals surface area contributed by atoms with Gasteiger partial charge in [0.2, 0.25) is 0 Å². The van der Waals surface area contributed by atoms with Gasteiger partial charge in [0.25, 0.3) is 0 Å². The third-order valence-electron chi connectivity index (χ3n) is 2.94. The van der Waals surface area contributed by atoms with E-state index in [9.17, 15) is 9.90 Å². The van der Waals surface area contributed by atoms with E-state index in [0.717, 1.165) is 18.7 Å². The van der Waals surface area contributed by atoms with Gasteiger partial charge in [0.15, 0.2) is 0 Å². The van der Waals surface area contributed by atoms with Crippen molar-refractivity contribution in [1.29, 1.82) is 0 Å². The summed E-state index contributed by atoms with van der Waals surface area (Å²) < 4.78 is 4.73. The molecule has 0 radical (unpaired) electrons. The predicted molar refractivity (Wildman–Crippen MR) is 60.4 cm³/mol. The first kappa shape index (κ1) is 10.8. The molecule has 4 nitrogen and oxygen atoms in total. The van der Waals surface area contributed by atoms with E-state index in [2.05, 4.69) is 4.90 Å². The summed E-state index contributed by atoms with van der Waals surface area (Å²) in [4.78, 5) is 13.5. The summed E-state index contributed by atoms with van der Waals surface area (Å²) >= 11 is 0. The molecular weight excluding hydrogens is 206 g/mol. The van der Waals surface area contributed by atoms with Crippen LogP contribution in [0.2, 0.25) is 0 Å². The normalized spacial score (nSPS) is 19.8. The van der Waals surface area contributed by atoms with Gasteiger partial charge in [-0.2, -0.15) is 0 Å². The lowest BCUT2D eigenvalue weighted by atomic mass is 10.1. The van der Waals surface area contributed by atoms with E-state index in [1.165, 1.54) is 7.11 Å². The molecule has 86 valence electrons. The Morgan fingerprint density at radius 3 is 2.75 bits per heavy atom. The maximum Gasteiger partial charge on any atom is 0.310 e. The fourth-order valence-electron chi connectivity index (χ4n) is 2.02. The van der Waals surface area contributed by atoms with Crippen molar-refractivity contribution in [3.8, 4) is 5.75 Å². The number of nitrogens with zero attached hydrogens (tertiary/aromatic N) is 1. The van der Waals surface area contributed by atoms with Crippen molar-refractivity contribution in [2.45, 2.75) is 6.42 Å². The van der Waals surface area contributed by atoms with E-state index < -0.39 is 0 Å². The lowest BCUT2D eigenvalue weighted by Gasteiger charge is -2.18. The van der Waals surface area contributed by atoms with Gasteiger partial charge >= 0.3 is 5.97 Å². The number of carbonyl (C=O) groups is 1. The number of phenols is 1. The number of esters is 1. The average molecular weight is 221 g/mol. The quantitative estimate of drug-likeness (QED) is 0.767. The SMILES string of the molecule is COC(=O)[C@@H]1CCN(c2ccc(O)cc2)C1. The summed E-state index contributed by atoms with van der Waals surface area (Å²) in [7, 11) is 1.42. The van der Waals surface area contributed by atoms with Gasteiger partial charge in [-0.15, -0.1) is 0 Å². The van der Waals surface area contributed by atoms with Gasteiger partial charge in [-0.05, 0) is 30.7 Å². The van der Waals surface area contributed by atoms with E-state index in [1.54, 1.807) is 12.1 Å². The van der Waals surface area contributed by atoms with Crippen molar-refractivity contribution in [1.82, 2.24) is 0 Å². The number of rotatable bonds is 2. The first-order chi connectivity index (χ1) is 7.70. The van der Waals surface area contributed by atoms with Crippen LogP contribution >= 0.6 is 0 Å². The number of anilines is 1. The second-order valence-electron chi connectivity index (χ2n) is 3.97. The standard InChI is InChI=1S/C12H15NO3/c1-16-12(15)9-6-7-13(8-9)10-2-4-11(14)5-3-10/h2-5,9,14H,6-8H2,1H3/t9-/m1/s1. The highest BCUT2D eigenvalue weighted by molar-refractivity contribution is 5.74. The number of hydrogen-bond acceptors (Lipinski definition) is 4. The molecule has 1 aromatic carbocycles. The smallest absolute Gasteiger partial charge is 0.310 e. The molecule has 0 aromatic heterocycles. The fourth-order valence-corrected chi connectivity index (χ4v) is 2.02. The van der Waals surface area contributed by atoms with Gasteiger partial charge in [0.05, 0.1) is 13.0 Å². The van der Waals surface area contributed by atoms with Crippen LogP contribution in [0.25, 0.3) is 0 Å². The molecule has 0 bridgehead atoms. The van der Waals surface area contributed by atoms with E-state index >= 15 is 0 Å². The van der Waals surface area contributed by atoms with Crippen LogP contribution in [-0.4, -0.2) is 31.3 Å². The maximum absolute atomic E-state index is 11.4. The zero-order valence-electron chi connectivity index (χ0n) is 9.22. The molecule has 1 heterocycles. The molecule has 0 aliphatic carbocycles. The largest absolute Gasteiger partial charge is 0.508 e. The number of aromatic hydroxyl groups is 1. The number of hydrogen-bond donors (Lipinski definition) is 1. The minimum Gasteiger partial charge on any atom is -0.508 e. The van der Waals surface area contributed by atoms with Gasteiger partial charge in [0, 0.05) is 18.8 Å². The molecule has 1 aliphatic rings. The maximum atomic E-state index is 11.4. The molecule has 16 heavy (non-hydrogen) atoms. The molecule has 1 saturated heterocycles. The Labute approximate surface area is 94.4 Å². The van der Waals surface area contributed by atoms with Crippen LogP contribution in [0.3, 0.4) is 0 Å². The minimum atomic E-state index is -0.138. The van der Waals surface area contributed by atoms with Crippen LogP contribution in [0.15, 0.2) is 24.3 Å². The number of ether oxygens (including phenoxy) is 1. The molecule has 1 N–H and O–H groups in total. The number of methoxy groups -OCH3 is 1. The van der Waals surface area contributed by atoms with Gasteiger partial charge < -0.3 is 14.7 Å². The van der Waals surface area contributed by atoms with Gasteiger partial charge in [0.1, 0.15) is 5.75 Å². The summed E-state index contributed by atoms with van der Waals surface area (Å²) in [5, 5.41) is 9.19. The first-order valence-electron chi connectivity index (χ1n) is 5.32. The van der Waals surface area contributed by atoms with Crippen molar-refractivity contribution in [2.75, 3.05) is 25.1 Å². The molecule has 0 spiro atoms. The van der Waals surface area contributed by atoms with Gasteiger partial charge in [-0.1, -0.05) is 0 Å². The van der Waals surface area contributed by atoms with Gasteiger partial charge in [-0.25, -0.2) is 0 Å². The molecule has 2 rings (SSSR count). The third-order valence-corrected chi connectivity index (χ3v) is 2.94. The first-order valence-corrected chi connectivity index (χ1v) is 5.32. The predicted octanol–water partition coefficient (Wildman–Crippen LogP) is 1.39. The average Bonchev–Trinajstić information content (AvgIpc) is 2.78. The molecule has 1 fully saturated rings. The highest BCUT2D eigenvalue weighted by Gasteiger charge is 2.28. The zero-order chi connectivity index (χ0) is 11.5. The monoisotopic (exact) mass is 221 g/mol. The van der Waals surface area contributed by atoms with Crippen LogP contribution in [0.4, 0.5) is 5.69 Å². The molecule has 1 aliphatic heterocycles. The Hall–Kier alpha value is -1.71. The Kier molecular flexibility index (Phi) is 2.99. The summed E-state index contributed by atoms with van der Waals surface area (Å²) in [6.45, 7) is 1.54. The second-order valence-corrected chi connectivity index (χ2v) is 3.97. The molecule has 1 atom stereocenters. The van der Waals surface area contributed by atoms with Crippen LogP contribution < -0.4 is 4.90 Å². The van der Waals surface area contributed by atoms with Crippen molar-refractivity contribution >= 4 is 11.7 Å². The minimum absolute atomic E-state index is 0.0289. The zero-order valence-corrected chi connectivity index (χ0v) is 9.22. The molecule has 0 saturated carbocycles. The molecule has 0 unspecified atom stereocenters. The Balaban J connectivity index is 2.03. The summed E-state index contributed by atoms with van der Waals surface area (Å²) in [6, 6.07) is 7.02. The van der Waals surface area contributed by atoms with Crippen LogP contribution in [0.5, 0.6) is 5.75 Å². The Bertz CT molecular complexity index is 374. The Morgan fingerprint density at radius 1 is 1.44 bits per heavy atom. The highest BCUT2D eigenvalue weighted by Crippen LogP contribution is 2.25. The van der Waals surface area contributed by atoms with E-state index in [4.69, 9.17) is 4.74 Å². The number of carbonyl (C=O) groups excluding carboxylic acids is 1. The topological polar surface area (TPSA) is 49.8 Å². The molecule has 1 aromatic rings. The van der Waals surface area contributed by atoms with E-state index in [-0.39, 0.29) is 17.6 Å². The number of phenolic OH excluding ortho intramolecular Hbond substituents is 1. The van der Waals surface area contributed by atoms with Crippen LogP contribution in [0, 0.1) is 5.92 Å². The lowest BCUT2D eigenvalue weighted by Crippen LogP contribution is -2.23. The van der Waals surface area contributed by atoms with Crippen molar-refractivity contribution in [3.05, 3.63) is 24.3 Å². The van der Waals surface area contributed by atoms with Gasteiger partial charge in [-0.3, -0.25) is 4.79 Å². The fraction of sp³-hybridized carbons (Fsp3) is 0.417. The van der Waals surface area contributed by atoms with Crippen LogP contribution in [-0.2, 0) is 9.53 Å². The summed E-state index contributed by atoms with van der Waals surface area (Å²) in [6.07, 6.45) is 0.827. The molecular formula is C12H15NO3. The van der Waals surface area contributed by atoms with E-state index in [0.29, 0.717) is 6.54 Å². The van der Waals surface area contributed by atoms with Crippen LogP contribution in [0.1, 0.15) is 6.42 Å². The molecule has 4 heteroatoms. The summed E-state index contributed by atoms with van der Waals surface area (Å²) in [5.41, 5.74) is 1.03. The summed E-state index contributed by atoms with van der Waals surface area (Å²) in [5.74, 6) is 0.0903.